The van der Waals surface area contributed by atoms with Crippen LogP contribution in [0, 0.1) is 5.92 Å². The molecule has 1 heterocycles. The van der Waals surface area contributed by atoms with Crippen LogP contribution in [0.1, 0.15) is 50.5 Å². The predicted octanol–water partition coefficient (Wildman–Crippen LogP) is 3.52. The van der Waals surface area contributed by atoms with Gasteiger partial charge in [0.05, 0.1) is 11.4 Å². The highest BCUT2D eigenvalue weighted by molar-refractivity contribution is 5.98. The summed E-state index contributed by atoms with van der Waals surface area (Å²) in [4.78, 5) is 14.5. The average Bonchev–Trinajstić information content (AvgIpc) is 2.72. The predicted molar refractivity (Wildman–Crippen MR) is 82.7 cm³/mol. The summed E-state index contributed by atoms with van der Waals surface area (Å²) < 4.78 is 0. The molecule has 1 aliphatic heterocycles. The van der Waals surface area contributed by atoms with Crippen molar-refractivity contribution in [3.05, 3.63) is 23.8 Å². The number of carbonyl (C=O) groups excluding carboxylic acids is 1. The Kier molecular flexibility index (Phi) is 3.95. The molecule has 3 nitrogen and oxygen atoms in total. The quantitative estimate of drug-likeness (QED) is 0.661. The van der Waals surface area contributed by atoms with E-state index >= 15 is 0 Å². The Hall–Kier alpha value is -1.51. The summed E-state index contributed by atoms with van der Waals surface area (Å²) in [5, 5.41) is 0. The van der Waals surface area contributed by atoms with Crippen molar-refractivity contribution in [3.63, 3.8) is 0 Å². The SMILES string of the molecule is Nc1cccc2c1N(C(=O)CC1CCCCCC1)CC2. The number of hydrogen-bond acceptors (Lipinski definition) is 2. The number of carbonyl (C=O) groups is 1. The van der Waals surface area contributed by atoms with Gasteiger partial charge in [-0.2, -0.15) is 0 Å². The molecular weight excluding hydrogens is 248 g/mol. The van der Waals surface area contributed by atoms with Crippen molar-refractivity contribution in [3.8, 4) is 0 Å². The van der Waals surface area contributed by atoms with Gasteiger partial charge < -0.3 is 10.6 Å². The van der Waals surface area contributed by atoms with E-state index in [-0.39, 0.29) is 5.91 Å². The standard InChI is InChI=1S/C17H24N2O/c18-15-9-5-8-14-10-11-19(17(14)15)16(20)12-13-6-3-1-2-4-7-13/h5,8-9,13H,1-4,6-7,10-12,18H2. The van der Waals surface area contributed by atoms with E-state index in [0.717, 1.165) is 24.3 Å². The molecular formula is C17H24N2O. The number of fused-ring (bicyclic) bond motifs is 1. The average molecular weight is 272 g/mol. The fourth-order valence-electron chi connectivity index (χ4n) is 3.66. The topological polar surface area (TPSA) is 46.3 Å². The van der Waals surface area contributed by atoms with Crippen LogP contribution in [0.2, 0.25) is 0 Å². The summed E-state index contributed by atoms with van der Waals surface area (Å²) in [6, 6.07) is 5.97. The molecule has 0 unspecified atom stereocenters. The Balaban J connectivity index is 1.70. The lowest BCUT2D eigenvalue weighted by atomic mass is 9.96. The van der Waals surface area contributed by atoms with Crippen molar-refractivity contribution in [1.82, 2.24) is 0 Å². The molecule has 1 fully saturated rings. The van der Waals surface area contributed by atoms with Crippen LogP contribution in [0.15, 0.2) is 18.2 Å². The van der Waals surface area contributed by atoms with E-state index < -0.39 is 0 Å². The van der Waals surface area contributed by atoms with Gasteiger partial charge in [0.25, 0.3) is 0 Å². The number of nitrogens with two attached hydrogens (primary N) is 1. The number of nitrogens with zero attached hydrogens (tertiary/aromatic N) is 1. The normalized spacial score (nSPS) is 19.7. The lowest BCUT2D eigenvalue weighted by Gasteiger charge is -2.22. The molecule has 2 N–H and O–H groups in total. The van der Waals surface area contributed by atoms with Crippen LogP contribution < -0.4 is 10.6 Å². The number of benzene rings is 1. The highest BCUT2D eigenvalue weighted by Gasteiger charge is 2.28. The van der Waals surface area contributed by atoms with Crippen LogP contribution in [0.3, 0.4) is 0 Å². The highest BCUT2D eigenvalue weighted by Crippen LogP contribution is 2.35. The Labute approximate surface area is 121 Å². The smallest absolute Gasteiger partial charge is 0.227 e. The molecule has 0 saturated heterocycles. The van der Waals surface area contributed by atoms with Crippen LogP contribution >= 0.6 is 0 Å². The van der Waals surface area contributed by atoms with Gasteiger partial charge in [-0.15, -0.1) is 0 Å². The maximum absolute atomic E-state index is 12.6. The van der Waals surface area contributed by atoms with Crippen LogP contribution in [-0.4, -0.2) is 12.5 Å². The molecule has 1 aromatic carbocycles. The molecule has 20 heavy (non-hydrogen) atoms. The molecule has 0 aromatic heterocycles. The Bertz CT molecular complexity index is 490. The van der Waals surface area contributed by atoms with Gasteiger partial charge in [-0.25, -0.2) is 0 Å². The van der Waals surface area contributed by atoms with Gasteiger partial charge in [-0.3, -0.25) is 4.79 Å². The van der Waals surface area contributed by atoms with E-state index in [4.69, 9.17) is 5.73 Å². The summed E-state index contributed by atoms with van der Waals surface area (Å²) >= 11 is 0. The van der Waals surface area contributed by atoms with Crippen molar-refractivity contribution in [2.24, 2.45) is 5.92 Å². The Morgan fingerprint density at radius 3 is 2.70 bits per heavy atom. The van der Waals surface area contributed by atoms with Gasteiger partial charge in [0.1, 0.15) is 0 Å². The monoisotopic (exact) mass is 272 g/mol. The van der Waals surface area contributed by atoms with E-state index in [2.05, 4.69) is 6.07 Å². The fraction of sp³-hybridized carbons (Fsp3) is 0.588. The van der Waals surface area contributed by atoms with Crippen molar-refractivity contribution in [2.45, 2.75) is 51.4 Å². The van der Waals surface area contributed by atoms with Gasteiger partial charge in [-0.1, -0.05) is 37.8 Å². The molecule has 3 rings (SSSR count). The van der Waals surface area contributed by atoms with Crippen LogP contribution in [0.25, 0.3) is 0 Å². The largest absolute Gasteiger partial charge is 0.397 e. The first-order valence-corrected chi connectivity index (χ1v) is 7.93. The van der Waals surface area contributed by atoms with E-state index in [1.54, 1.807) is 0 Å². The van der Waals surface area contributed by atoms with Crippen molar-refractivity contribution in [1.29, 1.82) is 0 Å². The number of para-hydroxylation sites is 1. The maximum Gasteiger partial charge on any atom is 0.227 e. The molecule has 1 aliphatic carbocycles. The summed E-state index contributed by atoms with van der Waals surface area (Å²) in [5.41, 5.74) is 9.01. The molecule has 0 atom stereocenters. The zero-order valence-corrected chi connectivity index (χ0v) is 12.1. The second kappa shape index (κ2) is 5.86. The first kappa shape index (κ1) is 13.5. The van der Waals surface area contributed by atoms with Gasteiger partial charge >= 0.3 is 0 Å². The Morgan fingerprint density at radius 2 is 1.95 bits per heavy atom. The molecule has 108 valence electrons. The lowest BCUT2D eigenvalue weighted by Crippen LogP contribution is -2.31. The number of nitrogen functional groups attached to an aromatic ring is 1. The minimum Gasteiger partial charge on any atom is -0.397 e. The maximum atomic E-state index is 12.6. The number of hydrogen-bond donors (Lipinski definition) is 1. The van der Waals surface area contributed by atoms with Crippen LogP contribution in [0.4, 0.5) is 11.4 Å². The van der Waals surface area contributed by atoms with E-state index in [9.17, 15) is 4.79 Å². The van der Waals surface area contributed by atoms with Crippen molar-refractivity contribution >= 4 is 17.3 Å². The lowest BCUT2D eigenvalue weighted by molar-refractivity contribution is -0.119. The number of anilines is 2. The van der Waals surface area contributed by atoms with E-state index in [0.29, 0.717) is 12.3 Å². The molecule has 0 spiro atoms. The highest BCUT2D eigenvalue weighted by atomic mass is 16.2. The van der Waals surface area contributed by atoms with Gasteiger partial charge in [0, 0.05) is 13.0 Å². The molecule has 1 saturated carbocycles. The van der Waals surface area contributed by atoms with E-state index in [1.165, 1.54) is 44.1 Å². The van der Waals surface area contributed by atoms with Gasteiger partial charge in [0.2, 0.25) is 5.91 Å². The zero-order valence-electron chi connectivity index (χ0n) is 12.1. The molecule has 2 aliphatic rings. The van der Waals surface area contributed by atoms with Gasteiger partial charge in [-0.05, 0) is 36.8 Å². The first-order valence-electron chi connectivity index (χ1n) is 7.93. The second-order valence-corrected chi connectivity index (χ2v) is 6.21. The number of amides is 1. The molecule has 3 heteroatoms. The van der Waals surface area contributed by atoms with Crippen LogP contribution in [0.5, 0.6) is 0 Å². The third-order valence-corrected chi connectivity index (χ3v) is 4.76. The molecule has 1 aromatic rings. The van der Waals surface area contributed by atoms with Crippen molar-refractivity contribution < 1.29 is 4.79 Å². The summed E-state index contributed by atoms with van der Waals surface area (Å²) in [5.74, 6) is 0.854. The summed E-state index contributed by atoms with van der Waals surface area (Å²) in [7, 11) is 0. The molecule has 0 radical (unpaired) electrons. The third-order valence-electron chi connectivity index (χ3n) is 4.76. The zero-order chi connectivity index (χ0) is 13.9. The minimum atomic E-state index is 0.272. The summed E-state index contributed by atoms with van der Waals surface area (Å²) in [6.07, 6.45) is 9.33. The van der Waals surface area contributed by atoms with Gasteiger partial charge in [0.15, 0.2) is 0 Å². The minimum absolute atomic E-state index is 0.272. The first-order chi connectivity index (χ1) is 9.75. The summed E-state index contributed by atoms with van der Waals surface area (Å²) in [6.45, 7) is 0.801. The second-order valence-electron chi connectivity index (χ2n) is 6.21. The fourth-order valence-corrected chi connectivity index (χ4v) is 3.66. The van der Waals surface area contributed by atoms with Crippen molar-refractivity contribution in [2.75, 3.05) is 17.2 Å². The number of rotatable bonds is 2. The van der Waals surface area contributed by atoms with Crippen LogP contribution in [-0.2, 0) is 11.2 Å². The molecule has 1 amide bonds. The molecule has 0 bridgehead atoms. The van der Waals surface area contributed by atoms with E-state index in [1.807, 2.05) is 17.0 Å². The third kappa shape index (κ3) is 2.67. The Morgan fingerprint density at radius 1 is 1.20 bits per heavy atom.